The van der Waals surface area contributed by atoms with Gasteiger partial charge in [0.05, 0.1) is 30.2 Å². The van der Waals surface area contributed by atoms with Gasteiger partial charge >= 0.3 is 0 Å². The molecule has 1 N–H and O–H groups in total. The van der Waals surface area contributed by atoms with E-state index in [0.717, 1.165) is 23.4 Å². The first-order chi connectivity index (χ1) is 12.7. The van der Waals surface area contributed by atoms with Crippen molar-refractivity contribution in [3.05, 3.63) is 39.9 Å². The predicted molar refractivity (Wildman–Crippen MR) is 101 cm³/mol. The lowest BCUT2D eigenvalue weighted by molar-refractivity contribution is 0.122. The third-order valence-electron chi connectivity index (χ3n) is 4.91. The number of pyridine rings is 1. The van der Waals surface area contributed by atoms with Gasteiger partial charge in [-0.2, -0.15) is 9.78 Å². The van der Waals surface area contributed by atoms with Crippen LogP contribution in [-0.2, 0) is 4.74 Å². The molecule has 6 nitrogen and oxygen atoms in total. The first kappa shape index (κ1) is 15.9. The van der Waals surface area contributed by atoms with Crippen LogP contribution in [0.15, 0.2) is 28.5 Å². The van der Waals surface area contributed by atoms with Crippen LogP contribution in [0.2, 0.25) is 0 Å². The molecule has 26 heavy (non-hydrogen) atoms. The van der Waals surface area contributed by atoms with Crippen LogP contribution in [0.4, 0.5) is 10.1 Å². The first-order valence-electron chi connectivity index (χ1n) is 8.60. The summed E-state index contributed by atoms with van der Waals surface area (Å²) >= 11 is 1.67. The average molecular weight is 372 g/mol. The number of benzene rings is 1. The minimum atomic E-state index is -0.307. The number of aromatic nitrogens is 3. The minimum Gasteiger partial charge on any atom is -0.378 e. The number of allylic oxidation sites excluding steroid dienone is 1. The molecule has 5 rings (SSSR count). The van der Waals surface area contributed by atoms with Crippen LogP contribution < -0.4 is 10.5 Å². The molecule has 1 aromatic rings. The summed E-state index contributed by atoms with van der Waals surface area (Å²) in [7, 11) is 0. The van der Waals surface area contributed by atoms with E-state index in [-0.39, 0.29) is 11.4 Å². The molecule has 0 saturated carbocycles. The Balaban J connectivity index is 1.68. The zero-order valence-electron chi connectivity index (χ0n) is 14.0. The van der Waals surface area contributed by atoms with Gasteiger partial charge in [-0.1, -0.05) is 0 Å². The molecule has 8 heteroatoms. The molecule has 0 unspecified atom stereocenters. The zero-order chi connectivity index (χ0) is 17.7. The van der Waals surface area contributed by atoms with E-state index in [2.05, 4.69) is 10.1 Å². The highest BCUT2D eigenvalue weighted by Gasteiger charge is 2.23. The lowest BCUT2D eigenvalue weighted by Crippen LogP contribution is -2.36. The van der Waals surface area contributed by atoms with E-state index in [1.165, 1.54) is 10.7 Å². The van der Waals surface area contributed by atoms with E-state index in [9.17, 15) is 9.18 Å². The number of fused-ring (bicyclic) bond motifs is 3. The lowest BCUT2D eigenvalue weighted by Gasteiger charge is -2.29. The third kappa shape index (κ3) is 2.44. The average Bonchev–Trinajstić information content (AvgIpc) is 3.30. The van der Waals surface area contributed by atoms with Crippen LogP contribution in [0.25, 0.3) is 27.9 Å². The number of halogens is 1. The predicted octanol–water partition coefficient (Wildman–Crippen LogP) is 2.74. The van der Waals surface area contributed by atoms with Crippen LogP contribution >= 0.6 is 11.8 Å². The molecule has 0 aromatic heterocycles. The van der Waals surface area contributed by atoms with Gasteiger partial charge in [0.2, 0.25) is 0 Å². The topological polar surface area (TPSA) is 63.1 Å². The number of rotatable bonds is 2. The van der Waals surface area contributed by atoms with Gasteiger partial charge in [0.15, 0.2) is 0 Å². The number of H-pyrrole nitrogens is 1. The second-order valence-electron chi connectivity index (χ2n) is 6.45. The molecule has 0 bridgehead atoms. The van der Waals surface area contributed by atoms with Gasteiger partial charge in [-0.3, -0.25) is 4.79 Å². The van der Waals surface area contributed by atoms with Gasteiger partial charge in [-0.05, 0) is 24.0 Å². The number of morpholine rings is 1. The Kier molecular flexibility index (Phi) is 3.75. The van der Waals surface area contributed by atoms with Crippen LogP contribution in [0.5, 0.6) is 0 Å². The summed E-state index contributed by atoms with van der Waals surface area (Å²) in [5.41, 5.74) is 3.06. The number of anilines is 1. The second kappa shape index (κ2) is 6.14. The Morgan fingerprint density at radius 2 is 2.12 bits per heavy atom. The van der Waals surface area contributed by atoms with E-state index in [0.29, 0.717) is 48.6 Å². The highest BCUT2D eigenvalue weighted by molar-refractivity contribution is 8.02. The summed E-state index contributed by atoms with van der Waals surface area (Å²) in [6.45, 7) is 2.51. The van der Waals surface area contributed by atoms with Gasteiger partial charge < -0.3 is 14.6 Å². The largest absolute Gasteiger partial charge is 0.378 e. The van der Waals surface area contributed by atoms with Gasteiger partial charge in [0, 0.05) is 35.9 Å². The van der Waals surface area contributed by atoms with E-state index >= 15 is 0 Å². The highest BCUT2D eigenvalue weighted by Crippen LogP contribution is 2.32. The molecule has 134 valence electrons. The number of nitrogens with one attached hydrogen (secondary N) is 1. The van der Waals surface area contributed by atoms with Crippen LogP contribution in [0.1, 0.15) is 6.42 Å². The number of ether oxygens (including phenoxy) is 1. The van der Waals surface area contributed by atoms with Crippen molar-refractivity contribution in [2.75, 3.05) is 37.0 Å². The Hall–Kier alpha value is -2.32. The van der Waals surface area contributed by atoms with Crippen molar-refractivity contribution in [2.45, 2.75) is 6.42 Å². The zero-order valence-corrected chi connectivity index (χ0v) is 14.8. The van der Waals surface area contributed by atoms with Crippen molar-refractivity contribution in [3.63, 3.8) is 0 Å². The maximum Gasteiger partial charge on any atom is 0.282 e. The number of hydrogen-bond donors (Lipinski definition) is 1. The fraction of sp³-hybridized carbons (Fsp3) is 0.333. The molecule has 0 aliphatic carbocycles. The molecule has 4 aliphatic rings. The molecule has 1 fully saturated rings. The fourth-order valence-corrected chi connectivity index (χ4v) is 4.40. The lowest BCUT2D eigenvalue weighted by atomic mass is 10.1. The molecule has 0 radical (unpaired) electrons. The summed E-state index contributed by atoms with van der Waals surface area (Å²) < 4.78 is 21.6. The summed E-state index contributed by atoms with van der Waals surface area (Å²) in [5.74, 6) is 0.646. The Morgan fingerprint density at radius 1 is 1.27 bits per heavy atom. The molecule has 0 atom stereocenters. The second-order valence-corrected chi connectivity index (χ2v) is 7.42. The quantitative estimate of drug-likeness (QED) is 0.749. The summed E-state index contributed by atoms with van der Waals surface area (Å²) in [4.78, 5) is 17.8. The van der Waals surface area contributed by atoms with Crippen molar-refractivity contribution in [3.8, 4) is 11.3 Å². The number of nitrogens with zero attached hydrogens (tertiary/aromatic N) is 3. The van der Waals surface area contributed by atoms with E-state index in [4.69, 9.17) is 4.74 Å². The third-order valence-corrected chi connectivity index (χ3v) is 5.79. The monoisotopic (exact) mass is 372 g/mol. The van der Waals surface area contributed by atoms with Gasteiger partial charge in [-0.25, -0.2) is 4.39 Å². The molecule has 4 aliphatic heterocycles. The van der Waals surface area contributed by atoms with E-state index in [1.807, 2.05) is 10.3 Å². The van der Waals surface area contributed by atoms with Crippen LogP contribution in [-0.4, -0.2) is 46.8 Å². The standard InChI is InChI=1S/C18H17FN4O2S/c19-14-7-12-15(8-16(14)22-2-4-25-5-3-22)20-9-13-17(12)21-23(18(13)24)11-1-6-26-10-11/h7-10,20H,1-6H2. The Labute approximate surface area is 153 Å². The summed E-state index contributed by atoms with van der Waals surface area (Å²) in [6.07, 6.45) is 2.48. The molecule has 1 saturated heterocycles. The van der Waals surface area contributed by atoms with Gasteiger partial charge in [0.25, 0.3) is 5.56 Å². The van der Waals surface area contributed by atoms with E-state index in [1.54, 1.807) is 24.0 Å². The molecule has 0 spiro atoms. The molecule has 4 heterocycles. The van der Waals surface area contributed by atoms with Gasteiger partial charge in [-0.15, -0.1) is 11.8 Å². The van der Waals surface area contributed by atoms with Crippen molar-refractivity contribution < 1.29 is 9.13 Å². The van der Waals surface area contributed by atoms with E-state index < -0.39 is 0 Å². The van der Waals surface area contributed by atoms with Crippen molar-refractivity contribution in [1.29, 1.82) is 0 Å². The minimum absolute atomic E-state index is 0.162. The summed E-state index contributed by atoms with van der Waals surface area (Å²) in [5, 5.41) is 7.10. The van der Waals surface area contributed by atoms with Crippen molar-refractivity contribution >= 4 is 34.0 Å². The van der Waals surface area contributed by atoms with Crippen LogP contribution in [0.3, 0.4) is 0 Å². The normalized spacial score (nSPS) is 18.0. The number of thioether (sulfide) groups is 1. The maximum absolute atomic E-state index is 14.8. The molecule has 1 aromatic carbocycles. The summed E-state index contributed by atoms with van der Waals surface area (Å²) in [6, 6.07) is 3.27. The Morgan fingerprint density at radius 3 is 2.88 bits per heavy atom. The van der Waals surface area contributed by atoms with Crippen molar-refractivity contribution in [2.24, 2.45) is 0 Å². The molecular weight excluding hydrogens is 355 g/mol. The smallest absolute Gasteiger partial charge is 0.282 e. The first-order valence-corrected chi connectivity index (χ1v) is 9.64. The number of aromatic amines is 1. The van der Waals surface area contributed by atoms with Crippen molar-refractivity contribution in [1.82, 2.24) is 14.8 Å². The SMILES string of the molecule is O=c1c2c[nH]c3cc(N4CCOCC4)c(F)cc3c-2nn1C1=CSCC1. The maximum atomic E-state index is 14.8. The molecule has 0 amide bonds. The van der Waals surface area contributed by atoms with Gasteiger partial charge in [0.1, 0.15) is 11.5 Å². The Bertz CT molecular complexity index is 1050. The fourth-order valence-electron chi connectivity index (χ4n) is 3.55. The van der Waals surface area contributed by atoms with Crippen LogP contribution in [0, 0.1) is 5.82 Å². The molecular formula is C18H17FN4O2S. The number of hydrogen-bond acceptors (Lipinski definition) is 5. The highest BCUT2D eigenvalue weighted by atomic mass is 32.2.